The van der Waals surface area contributed by atoms with Crippen LogP contribution in [0, 0.1) is 18.4 Å². The third-order valence-corrected chi connectivity index (χ3v) is 2.20. The monoisotopic (exact) mass is 235 g/mol. The van der Waals surface area contributed by atoms with Crippen molar-refractivity contribution < 1.29 is 0 Å². The van der Waals surface area contributed by atoms with Crippen molar-refractivity contribution in [1.82, 2.24) is 5.32 Å². The molecule has 1 rings (SSSR count). The normalized spacial score (nSPS) is 9.81. The van der Waals surface area contributed by atoms with Crippen molar-refractivity contribution in [1.29, 1.82) is 5.26 Å². The molecule has 0 amide bonds. The minimum absolute atomic E-state index is 0.608. The van der Waals surface area contributed by atoms with Gasteiger partial charge in [0.1, 0.15) is 0 Å². The van der Waals surface area contributed by atoms with Crippen LogP contribution in [0.5, 0.6) is 0 Å². The van der Waals surface area contributed by atoms with Crippen LogP contribution in [-0.4, -0.2) is 11.4 Å². The minimum atomic E-state index is 0.608. The Labute approximate surface area is 102 Å². The standard InChI is InChI=1S/C10H11N3S.C2H6/c1-8-3-5-9(6-4-8)13-10(14-2)12-7-11;1-2/h3-6H,1-2H3,(H,12,13);1-2H3. The molecule has 0 bridgehead atoms. The molecule has 0 saturated carbocycles. The number of thioether (sulfide) groups is 1. The predicted molar refractivity (Wildman–Crippen MR) is 71.9 cm³/mol. The molecule has 0 heterocycles. The van der Waals surface area contributed by atoms with E-state index in [-0.39, 0.29) is 0 Å². The summed E-state index contributed by atoms with van der Waals surface area (Å²) in [6.45, 7) is 6.02. The molecule has 0 aromatic heterocycles. The van der Waals surface area contributed by atoms with Gasteiger partial charge < -0.3 is 0 Å². The number of aryl methyl sites for hydroxylation is 1. The smallest absolute Gasteiger partial charge is 0.183 e. The van der Waals surface area contributed by atoms with Crippen LogP contribution in [0.3, 0.4) is 0 Å². The van der Waals surface area contributed by atoms with E-state index in [2.05, 4.69) is 10.3 Å². The van der Waals surface area contributed by atoms with Crippen molar-refractivity contribution in [2.45, 2.75) is 20.8 Å². The van der Waals surface area contributed by atoms with Crippen LogP contribution >= 0.6 is 11.8 Å². The molecule has 3 nitrogen and oxygen atoms in total. The van der Waals surface area contributed by atoms with Crippen LogP contribution in [0.4, 0.5) is 5.69 Å². The van der Waals surface area contributed by atoms with Crippen LogP contribution in [0.1, 0.15) is 19.4 Å². The Morgan fingerprint density at radius 1 is 1.31 bits per heavy atom. The summed E-state index contributed by atoms with van der Waals surface area (Å²) in [6.07, 6.45) is 3.72. The Hall–Kier alpha value is -1.47. The first-order valence-corrected chi connectivity index (χ1v) is 6.33. The van der Waals surface area contributed by atoms with Gasteiger partial charge in [-0.15, -0.1) is 0 Å². The molecule has 86 valence electrons. The predicted octanol–water partition coefficient (Wildman–Crippen LogP) is 3.44. The van der Waals surface area contributed by atoms with Gasteiger partial charge in [0.15, 0.2) is 11.4 Å². The van der Waals surface area contributed by atoms with E-state index in [4.69, 9.17) is 5.26 Å². The van der Waals surface area contributed by atoms with E-state index in [0.29, 0.717) is 5.17 Å². The second-order valence-electron chi connectivity index (χ2n) is 2.69. The number of benzene rings is 1. The Kier molecular flexibility index (Phi) is 8.00. The van der Waals surface area contributed by atoms with Crippen LogP contribution in [-0.2, 0) is 0 Å². The molecule has 4 heteroatoms. The Morgan fingerprint density at radius 3 is 2.31 bits per heavy atom. The average molecular weight is 235 g/mol. The van der Waals surface area contributed by atoms with Gasteiger partial charge in [-0.25, -0.2) is 4.99 Å². The van der Waals surface area contributed by atoms with Gasteiger partial charge in [-0.05, 0) is 25.3 Å². The number of amidine groups is 1. The lowest BCUT2D eigenvalue weighted by Gasteiger charge is -1.99. The van der Waals surface area contributed by atoms with E-state index in [1.165, 1.54) is 17.3 Å². The lowest BCUT2D eigenvalue weighted by Crippen LogP contribution is -2.12. The molecule has 0 aliphatic carbocycles. The quantitative estimate of drug-likeness (QED) is 0.351. The molecule has 0 aliphatic rings. The molecule has 0 saturated heterocycles. The maximum Gasteiger partial charge on any atom is 0.183 e. The van der Waals surface area contributed by atoms with Gasteiger partial charge in [0.05, 0.1) is 5.69 Å². The first kappa shape index (κ1) is 14.5. The minimum Gasteiger partial charge on any atom is -0.271 e. The van der Waals surface area contributed by atoms with Gasteiger partial charge in [-0.1, -0.05) is 43.3 Å². The van der Waals surface area contributed by atoms with Crippen LogP contribution in [0.2, 0.25) is 0 Å². The Balaban J connectivity index is 0.00000106. The highest BCUT2D eigenvalue weighted by molar-refractivity contribution is 8.13. The van der Waals surface area contributed by atoms with Crippen molar-refractivity contribution in [3.8, 4) is 6.19 Å². The average Bonchev–Trinajstić information content (AvgIpc) is 2.34. The highest BCUT2D eigenvalue weighted by Gasteiger charge is 1.95. The molecular weight excluding hydrogens is 218 g/mol. The summed E-state index contributed by atoms with van der Waals surface area (Å²) >= 11 is 1.41. The number of rotatable bonds is 1. The van der Waals surface area contributed by atoms with E-state index in [9.17, 15) is 0 Å². The molecule has 0 aliphatic heterocycles. The van der Waals surface area contributed by atoms with Gasteiger partial charge in [0.25, 0.3) is 0 Å². The van der Waals surface area contributed by atoms with Crippen molar-refractivity contribution in [2.75, 3.05) is 6.26 Å². The first-order valence-electron chi connectivity index (χ1n) is 5.10. The van der Waals surface area contributed by atoms with Crippen molar-refractivity contribution in [2.24, 2.45) is 4.99 Å². The summed E-state index contributed by atoms with van der Waals surface area (Å²) in [5.74, 6) is 0. The van der Waals surface area contributed by atoms with E-state index >= 15 is 0 Å². The maximum atomic E-state index is 8.43. The number of hydrogen-bond donors (Lipinski definition) is 1. The second-order valence-corrected chi connectivity index (χ2v) is 3.49. The zero-order chi connectivity index (χ0) is 12.4. The molecule has 0 fully saturated rings. The molecule has 1 aromatic rings. The van der Waals surface area contributed by atoms with Gasteiger partial charge in [-0.2, -0.15) is 5.26 Å². The third-order valence-electron chi connectivity index (χ3n) is 1.62. The fourth-order valence-corrected chi connectivity index (χ4v) is 1.25. The number of nitriles is 1. The highest BCUT2D eigenvalue weighted by Crippen LogP contribution is 2.14. The molecule has 0 unspecified atom stereocenters. The van der Waals surface area contributed by atoms with Crippen LogP contribution < -0.4 is 5.32 Å². The van der Waals surface area contributed by atoms with Crippen molar-refractivity contribution in [3.63, 3.8) is 0 Å². The van der Waals surface area contributed by atoms with E-state index < -0.39 is 0 Å². The zero-order valence-electron chi connectivity index (χ0n) is 10.1. The van der Waals surface area contributed by atoms with Gasteiger partial charge in [-0.3, -0.25) is 5.32 Å². The summed E-state index contributed by atoms with van der Waals surface area (Å²) in [5.41, 5.74) is 2.05. The molecule has 0 atom stereocenters. The number of aliphatic imine (C=N–C) groups is 1. The Bertz CT molecular complexity index is 363. The zero-order valence-corrected chi connectivity index (χ0v) is 10.9. The van der Waals surface area contributed by atoms with Crippen molar-refractivity contribution >= 4 is 22.6 Å². The van der Waals surface area contributed by atoms with E-state index in [0.717, 1.165) is 5.69 Å². The number of nitrogens with one attached hydrogen (secondary N) is 1. The van der Waals surface area contributed by atoms with E-state index in [1.807, 2.05) is 57.5 Å². The highest BCUT2D eigenvalue weighted by atomic mass is 32.2. The van der Waals surface area contributed by atoms with Gasteiger partial charge in [0, 0.05) is 0 Å². The fourth-order valence-electron chi connectivity index (χ4n) is 0.909. The number of hydrogen-bond acceptors (Lipinski definition) is 3. The van der Waals surface area contributed by atoms with Crippen molar-refractivity contribution in [3.05, 3.63) is 29.8 Å². The third kappa shape index (κ3) is 5.42. The summed E-state index contributed by atoms with van der Waals surface area (Å²) < 4.78 is 0. The SMILES string of the molecule is CC.CSC(=Nc1ccc(C)cc1)NC#N. The first-order chi connectivity index (χ1) is 7.76. The van der Waals surface area contributed by atoms with Crippen LogP contribution in [0.25, 0.3) is 0 Å². The molecule has 1 N–H and O–H groups in total. The summed E-state index contributed by atoms with van der Waals surface area (Å²) in [4.78, 5) is 4.25. The molecule has 0 spiro atoms. The summed E-state index contributed by atoms with van der Waals surface area (Å²) in [6, 6.07) is 7.82. The molecule has 16 heavy (non-hydrogen) atoms. The number of nitrogens with zero attached hydrogens (tertiary/aromatic N) is 2. The summed E-state index contributed by atoms with van der Waals surface area (Å²) in [7, 11) is 0. The molecular formula is C12H17N3S. The van der Waals surface area contributed by atoms with Gasteiger partial charge >= 0.3 is 0 Å². The van der Waals surface area contributed by atoms with Gasteiger partial charge in [0.2, 0.25) is 0 Å². The Morgan fingerprint density at radius 2 is 1.88 bits per heavy atom. The lowest BCUT2D eigenvalue weighted by atomic mass is 10.2. The molecule has 1 aromatic carbocycles. The fraction of sp³-hybridized carbons (Fsp3) is 0.333. The molecule has 0 radical (unpaired) electrons. The maximum absolute atomic E-state index is 8.43. The summed E-state index contributed by atoms with van der Waals surface area (Å²) in [5, 5.41) is 11.6. The second kappa shape index (κ2) is 8.81. The largest absolute Gasteiger partial charge is 0.271 e. The lowest BCUT2D eigenvalue weighted by molar-refractivity contribution is 1.28. The van der Waals surface area contributed by atoms with E-state index in [1.54, 1.807) is 0 Å². The topological polar surface area (TPSA) is 48.2 Å². The van der Waals surface area contributed by atoms with Crippen LogP contribution in [0.15, 0.2) is 29.3 Å².